The molecule has 1 saturated carbocycles. The zero-order valence-electron chi connectivity index (χ0n) is 12.0. The largest absolute Gasteiger partial charge is 0.465 e. The smallest absolute Gasteiger partial charge is 0.341 e. The normalized spacial score (nSPS) is 22.5. The first-order valence-corrected chi connectivity index (χ1v) is 7.00. The van der Waals surface area contributed by atoms with Crippen molar-refractivity contribution in [2.24, 2.45) is 0 Å². The molecule has 2 N–H and O–H groups in total. The highest BCUT2D eigenvalue weighted by Gasteiger charge is 2.47. The second kappa shape index (κ2) is 5.72. The molecule has 0 spiro atoms. The summed E-state index contributed by atoms with van der Waals surface area (Å²) >= 11 is 0. The summed E-state index contributed by atoms with van der Waals surface area (Å²) in [4.78, 5) is 41.5. The fraction of sp³-hybridized carbons (Fsp3) is 0.429. The van der Waals surface area contributed by atoms with Gasteiger partial charge in [-0.15, -0.1) is 0 Å². The third kappa shape index (κ3) is 2.64. The summed E-state index contributed by atoms with van der Waals surface area (Å²) in [5.41, 5.74) is 0.107. The van der Waals surface area contributed by atoms with Crippen molar-refractivity contribution < 1.29 is 19.1 Å². The summed E-state index contributed by atoms with van der Waals surface area (Å²) < 4.78 is 4.63. The van der Waals surface area contributed by atoms with Crippen LogP contribution in [0.2, 0.25) is 0 Å². The molecule has 1 aliphatic heterocycles. The van der Waals surface area contributed by atoms with Crippen molar-refractivity contribution in [3.63, 3.8) is 0 Å². The van der Waals surface area contributed by atoms with E-state index in [1.54, 1.807) is 11.0 Å². The van der Waals surface area contributed by atoms with Crippen molar-refractivity contribution in [1.82, 2.24) is 15.2 Å². The maximum atomic E-state index is 12.2. The van der Waals surface area contributed by atoms with Crippen molar-refractivity contribution in [1.29, 1.82) is 0 Å². The van der Waals surface area contributed by atoms with Gasteiger partial charge in [0.2, 0.25) is 0 Å². The van der Waals surface area contributed by atoms with Crippen LogP contribution >= 0.6 is 0 Å². The van der Waals surface area contributed by atoms with Crippen LogP contribution < -0.4 is 10.6 Å². The Morgan fingerprint density at radius 2 is 2.27 bits per heavy atom. The van der Waals surface area contributed by atoms with E-state index in [4.69, 9.17) is 0 Å². The quantitative estimate of drug-likeness (QED) is 0.558. The Balaban J connectivity index is 1.71. The van der Waals surface area contributed by atoms with Crippen molar-refractivity contribution in [2.45, 2.75) is 18.5 Å². The van der Waals surface area contributed by atoms with Crippen LogP contribution in [0.3, 0.4) is 0 Å². The molecule has 3 rings (SSSR count). The molecule has 0 radical (unpaired) electrons. The van der Waals surface area contributed by atoms with Gasteiger partial charge < -0.3 is 20.3 Å². The topological polar surface area (TPSA) is 101 Å². The molecule has 1 aromatic rings. The van der Waals surface area contributed by atoms with E-state index in [0.717, 1.165) is 6.42 Å². The number of carbonyl (C=O) groups excluding carboxylic acids is 3. The van der Waals surface area contributed by atoms with Crippen LogP contribution in [0.1, 0.15) is 16.8 Å². The Kier molecular flexibility index (Phi) is 3.76. The molecule has 116 valence electrons. The minimum absolute atomic E-state index is 0.0233. The second-order valence-corrected chi connectivity index (χ2v) is 5.21. The second-order valence-electron chi connectivity index (χ2n) is 5.21. The van der Waals surface area contributed by atoms with Gasteiger partial charge in [-0.05, 0) is 18.6 Å². The SMILES string of the molecule is COC(=O)c1cccnc1NC(=O)C(=O)N1CCNC2CC21. The van der Waals surface area contributed by atoms with Gasteiger partial charge in [-0.2, -0.15) is 0 Å². The van der Waals surface area contributed by atoms with Gasteiger partial charge in [0.1, 0.15) is 11.4 Å². The number of esters is 1. The number of nitrogens with one attached hydrogen (secondary N) is 2. The van der Waals surface area contributed by atoms with Crippen LogP contribution in [0.15, 0.2) is 18.3 Å². The van der Waals surface area contributed by atoms with Crippen LogP contribution in [0.4, 0.5) is 5.82 Å². The Morgan fingerprint density at radius 3 is 3.05 bits per heavy atom. The molecule has 8 nitrogen and oxygen atoms in total. The Morgan fingerprint density at radius 1 is 1.45 bits per heavy atom. The minimum atomic E-state index is -0.795. The molecule has 1 aromatic heterocycles. The van der Waals surface area contributed by atoms with E-state index in [1.807, 2.05) is 0 Å². The number of hydrogen-bond acceptors (Lipinski definition) is 6. The summed E-state index contributed by atoms with van der Waals surface area (Å²) in [7, 11) is 1.24. The molecular weight excluding hydrogens is 288 g/mol. The van der Waals surface area contributed by atoms with Gasteiger partial charge in [-0.1, -0.05) is 0 Å². The molecule has 1 saturated heterocycles. The number of carbonyl (C=O) groups is 3. The van der Waals surface area contributed by atoms with E-state index < -0.39 is 17.8 Å². The number of rotatable bonds is 2. The summed E-state index contributed by atoms with van der Waals surface area (Å²) in [5, 5.41) is 5.66. The summed E-state index contributed by atoms with van der Waals surface area (Å²) in [5.74, 6) is -2.00. The van der Waals surface area contributed by atoms with Gasteiger partial charge in [0.15, 0.2) is 0 Å². The average molecular weight is 304 g/mol. The molecule has 2 amide bonds. The van der Waals surface area contributed by atoms with Gasteiger partial charge in [-0.3, -0.25) is 9.59 Å². The number of pyridine rings is 1. The van der Waals surface area contributed by atoms with Crippen LogP contribution in [0.25, 0.3) is 0 Å². The molecule has 1 aliphatic carbocycles. The third-order valence-corrected chi connectivity index (χ3v) is 3.82. The van der Waals surface area contributed by atoms with Crippen LogP contribution in [-0.4, -0.2) is 60.0 Å². The van der Waals surface area contributed by atoms with Crippen molar-refractivity contribution in [3.05, 3.63) is 23.9 Å². The number of hydrogen-bond donors (Lipinski definition) is 2. The van der Waals surface area contributed by atoms with Crippen LogP contribution in [-0.2, 0) is 14.3 Å². The number of nitrogens with zero attached hydrogens (tertiary/aromatic N) is 2. The maximum absolute atomic E-state index is 12.2. The number of anilines is 1. The van der Waals surface area contributed by atoms with Gasteiger partial charge in [0, 0.05) is 31.4 Å². The molecular formula is C14H16N4O4. The Hall–Kier alpha value is -2.48. The lowest BCUT2D eigenvalue weighted by atomic mass is 10.2. The number of amides is 2. The van der Waals surface area contributed by atoms with E-state index in [1.165, 1.54) is 19.4 Å². The molecule has 2 fully saturated rings. The first-order valence-electron chi connectivity index (χ1n) is 7.00. The number of fused-ring (bicyclic) bond motifs is 1. The molecule has 8 heteroatoms. The summed E-state index contributed by atoms with van der Waals surface area (Å²) in [6, 6.07) is 3.41. The van der Waals surface area contributed by atoms with E-state index in [-0.39, 0.29) is 17.4 Å². The Bertz CT molecular complexity index is 633. The molecule has 2 unspecified atom stereocenters. The molecule has 22 heavy (non-hydrogen) atoms. The van der Waals surface area contributed by atoms with Gasteiger partial charge in [0.05, 0.1) is 7.11 Å². The van der Waals surface area contributed by atoms with E-state index >= 15 is 0 Å². The predicted molar refractivity (Wildman–Crippen MR) is 76.1 cm³/mol. The van der Waals surface area contributed by atoms with Gasteiger partial charge in [-0.25, -0.2) is 9.78 Å². The number of piperazine rings is 1. The zero-order chi connectivity index (χ0) is 15.7. The van der Waals surface area contributed by atoms with Gasteiger partial charge in [0.25, 0.3) is 0 Å². The van der Waals surface area contributed by atoms with E-state index in [2.05, 4.69) is 20.4 Å². The highest BCUT2D eigenvalue weighted by atomic mass is 16.5. The minimum Gasteiger partial charge on any atom is -0.465 e. The van der Waals surface area contributed by atoms with E-state index in [9.17, 15) is 14.4 Å². The lowest BCUT2D eigenvalue weighted by Crippen LogP contribution is -2.50. The Labute approximate surface area is 126 Å². The highest BCUT2D eigenvalue weighted by molar-refractivity contribution is 6.39. The zero-order valence-corrected chi connectivity index (χ0v) is 12.0. The van der Waals surface area contributed by atoms with Crippen molar-refractivity contribution >= 4 is 23.6 Å². The van der Waals surface area contributed by atoms with E-state index in [0.29, 0.717) is 19.1 Å². The standard InChI is InChI=1S/C14H16N4O4/c1-22-14(21)8-3-2-4-16-11(8)17-12(19)13(20)18-6-5-15-9-7-10(9)18/h2-4,9-10,15H,5-7H2,1H3,(H,16,17,19). The first kappa shape index (κ1) is 14.5. The highest BCUT2D eigenvalue weighted by Crippen LogP contribution is 2.30. The summed E-state index contributed by atoms with van der Waals surface area (Å²) in [6.07, 6.45) is 2.30. The van der Waals surface area contributed by atoms with Crippen molar-refractivity contribution in [3.8, 4) is 0 Å². The maximum Gasteiger partial charge on any atom is 0.341 e. The third-order valence-electron chi connectivity index (χ3n) is 3.82. The number of methoxy groups -OCH3 is 1. The summed E-state index contributed by atoms with van der Waals surface area (Å²) in [6.45, 7) is 1.18. The molecule has 2 heterocycles. The average Bonchev–Trinajstić information content (AvgIpc) is 3.33. The monoisotopic (exact) mass is 304 g/mol. The fourth-order valence-corrected chi connectivity index (χ4v) is 2.60. The van der Waals surface area contributed by atoms with Crippen LogP contribution in [0.5, 0.6) is 0 Å². The lowest BCUT2D eigenvalue weighted by molar-refractivity contribution is -0.144. The molecule has 0 aromatic carbocycles. The van der Waals surface area contributed by atoms with Crippen molar-refractivity contribution in [2.75, 3.05) is 25.5 Å². The number of ether oxygens (including phenoxy) is 1. The first-order chi connectivity index (χ1) is 10.6. The predicted octanol–water partition coefficient (Wildman–Crippen LogP) is -0.621. The molecule has 0 bridgehead atoms. The van der Waals surface area contributed by atoms with Crippen LogP contribution in [0, 0.1) is 0 Å². The molecule has 2 aliphatic rings. The lowest BCUT2D eigenvalue weighted by Gasteiger charge is -2.26. The number of aromatic nitrogens is 1. The fourth-order valence-electron chi connectivity index (χ4n) is 2.60. The molecule has 2 atom stereocenters. The van der Waals surface area contributed by atoms with Gasteiger partial charge >= 0.3 is 17.8 Å².